The van der Waals surface area contributed by atoms with Gasteiger partial charge in [-0.2, -0.15) is 5.10 Å². The van der Waals surface area contributed by atoms with Crippen molar-refractivity contribution in [2.45, 2.75) is 32.2 Å². The van der Waals surface area contributed by atoms with Crippen LogP contribution < -0.4 is 14.8 Å². The molecule has 10 heteroatoms. The number of hydrogen-bond donors (Lipinski definition) is 2. The number of aromatic nitrogens is 3. The summed E-state index contributed by atoms with van der Waals surface area (Å²) < 4.78 is 29.3. The number of carbonyl (C=O) groups is 1. The Bertz CT molecular complexity index is 1260. The Balaban J connectivity index is 1.61. The second-order valence-electron chi connectivity index (χ2n) is 8.33. The van der Waals surface area contributed by atoms with E-state index in [1.165, 1.54) is 6.20 Å². The minimum atomic E-state index is -2.38. The van der Waals surface area contributed by atoms with Crippen LogP contribution in [0.1, 0.15) is 19.4 Å². The minimum absolute atomic E-state index is 0.0761. The first-order valence-corrected chi connectivity index (χ1v) is 11.3. The summed E-state index contributed by atoms with van der Waals surface area (Å²) in [6.07, 6.45) is 3.09. The Kier molecular flexibility index (Phi) is 5.88. The number of anilines is 1. The van der Waals surface area contributed by atoms with Gasteiger partial charge < -0.3 is 14.8 Å². The van der Waals surface area contributed by atoms with Crippen LogP contribution in [0.2, 0.25) is 0 Å². The van der Waals surface area contributed by atoms with Gasteiger partial charge in [0, 0.05) is 23.2 Å². The van der Waals surface area contributed by atoms with Crippen LogP contribution in [0.3, 0.4) is 0 Å². The highest BCUT2D eigenvalue weighted by atomic mass is 32.2. The third-order valence-electron chi connectivity index (χ3n) is 5.10. The zero-order valence-corrected chi connectivity index (χ0v) is 19.2. The maximum absolute atomic E-state index is 12.8. The number of fused-ring (bicyclic) bond motifs is 1. The fraction of sp³-hybridized carbons (Fsp3) is 0.318. The highest BCUT2D eigenvalue weighted by Gasteiger charge is 2.29. The number of amides is 2. The molecule has 0 fully saturated rings. The van der Waals surface area contributed by atoms with Crippen LogP contribution >= 0.6 is 0 Å². The highest BCUT2D eigenvalue weighted by Crippen LogP contribution is 2.33. The topological polar surface area (TPSA) is 108 Å². The number of nitrogens with one attached hydrogen (secondary N) is 1. The van der Waals surface area contributed by atoms with Gasteiger partial charge in [-0.1, -0.05) is 32.0 Å². The van der Waals surface area contributed by atoms with Crippen molar-refractivity contribution in [3.05, 3.63) is 48.3 Å². The second kappa shape index (κ2) is 8.62. The number of thiol groups is 1. The predicted octanol–water partition coefficient (Wildman–Crippen LogP) is 3.94. The number of pyridine rings is 1. The van der Waals surface area contributed by atoms with E-state index in [9.17, 15) is 9.00 Å². The van der Waals surface area contributed by atoms with Crippen LogP contribution in [0.25, 0.3) is 11.1 Å². The van der Waals surface area contributed by atoms with Crippen LogP contribution in [0.4, 0.5) is 10.5 Å². The number of benzene rings is 1. The van der Waals surface area contributed by atoms with Gasteiger partial charge in [0.2, 0.25) is 11.8 Å². The maximum Gasteiger partial charge on any atom is 0.353 e. The van der Waals surface area contributed by atoms with Gasteiger partial charge in [-0.05, 0) is 24.1 Å². The van der Waals surface area contributed by atoms with E-state index in [0.717, 1.165) is 16.7 Å². The van der Waals surface area contributed by atoms with E-state index >= 15 is 0 Å². The molecule has 3 heterocycles. The number of urea groups is 1. The molecular formula is C22H25N5O4S. The molecule has 0 saturated carbocycles. The Morgan fingerprint density at radius 1 is 1.34 bits per heavy atom. The van der Waals surface area contributed by atoms with E-state index in [1.54, 1.807) is 24.1 Å². The smallest absolute Gasteiger partial charge is 0.353 e. The molecule has 0 spiro atoms. The average molecular weight is 456 g/mol. The van der Waals surface area contributed by atoms with Gasteiger partial charge in [0.05, 0.1) is 42.7 Å². The summed E-state index contributed by atoms with van der Waals surface area (Å²) in [6, 6.07) is 8.53. The van der Waals surface area contributed by atoms with Crippen molar-refractivity contribution in [1.29, 1.82) is 0 Å². The average Bonchev–Trinajstić information content (AvgIpc) is 3.17. The molecular weight excluding hydrogens is 430 g/mol. The lowest BCUT2D eigenvalue weighted by molar-refractivity contribution is 0.0972. The Morgan fingerprint density at radius 3 is 2.94 bits per heavy atom. The van der Waals surface area contributed by atoms with Crippen LogP contribution in [-0.2, 0) is 17.1 Å². The highest BCUT2D eigenvalue weighted by molar-refractivity contribution is 7.75. The molecule has 0 bridgehead atoms. The molecule has 9 nitrogen and oxygen atoms in total. The first kappa shape index (κ1) is 21.8. The summed E-state index contributed by atoms with van der Waals surface area (Å²) in [4.78, 5) is 17.1. The van der Waals surface area contributed by atoms with Crippen LogP contribution in [0, 0.1) is 12.3 Å². The molecule has 1 unspecified atom stereocenters. The van der Waals surface area contributed by atoms with Gasteiger partial charge in [-0.25, -0.2) is 18.7 Å². The molecule has 2 aromatic heterocycles. The first-order chi connectivity index (χ1) is 15.3. The van der Waals surface area contributed by atoms with Crippen LogP contribution in [0.5, 0.6) is 11.8 Å². The van der Waals surface area contributed by atoms with E-state index in [4.69, 9.17) is 9.47 Å². The largest absolute Gasteiger partial charge is 0.481 e. The molecule has 2 amide bonds. The van der Waals surface area contributed by atoms with Gasteiger partial charge in [0.15, 0.2) is 0 Å². The van der Waals surface area contributed by atoms with Crippen LogP contribution in [-0.4, -0.2) is 38.7 Å². The molecule has 1 aromatic carbocycles. The van der Waals surface area contributed by atoms with Crippen molar-refractivity contribution in [2.24, 2.45) is 9.78 Å². The number of nitrogens with zero attached hydrogens (tertiary/aromatic N) is 4. The summed E-state index contributed by atoms with van der Waals surface area (Å²) in [6.45, 7) is 7.12. The lowest BCUT2D eigenvalue weighted by Gasteiger charge is -2.30. The predicted molar refractivity (Wildman–Crippen MR) is 122 cm³/mol. The van der Waals surface area contributed by atoms with Crippen molar-refractivity contribution >= 4 is 22.3 Å². The number of hydrogen-bond acceptors (Lipinski definition) is 6. The Labute approximate surface area is 188 Å². The lowest BCUT2D eigenvalue weighted by Crippen LogP contribution is -2.33. The molecule has 1 N–H and O–H groups in total. The molecule has 1 aliphatic heterocycles. The number of para-hydroxylation sites is 1. The zero-order valence-electron chi connectivity index (χ0n) is 18.3. The third kappa shape index (κ3) is 4.45. The number of ether oxygens (including phenoxy) is 2. The molecule has 32 heavy (non-hydrogen) atoms. The summed E-state index contributed by atoms with van der Waals surface area (Å²) in [7, 11) is -0.834. The number of methoxy groups -OCH3 is 1. The van der Waals surface area contributed by atoms with Crippen LogP contribution in [0.15, 0.2) is 52.0 Å². The Hall–Kier alpha value is -3.40. The molecule has 3 aromatic rings. The maximum atomic E-state index is 12.8. The van der Waals surface area contributed by atoms with Crippen molar-refractivity contribution in [3.63, 3.8) is 0 Å². The van der Waals surface area contributed by atoms with Gasteiger partial charge in [0.25, 0.3) is 0 Å². The van der Waals surface area contributed by atoms with E-state index in [1.807, 2.05) is 31.2 Å². The first-order valence-electron chi connectivity index (χ1n) is 10.1. The van der Waals surface area contributed by atoms with Gasteiger partial charge in [-0.15, -0.1) is 4.36 Å². The second-order valence-corrected chi connectivity index (χ2v) is 9.56. The molecule has 1 aliphatic rings. The molecule has 1 atom stereocenters. The molecule has 0 aliphatic carbocycles. The van der Waals surface area contributed by atoms with Crippen molar-refractivity contribution in [1.82, 2.24) is 14.8 Å². The third-order valence-corrected chi connectivity index (χ3v) is 6.18. The van der Waals surface area contributed by atoms with E-state index in [-0.39, 0.29) is 5.41 Å². The monoisotopic (exact) mass is 455 g/mol. The summed E-state index contributed by atoms with van der Waals surface area (Å²) in [5.74, 6) is 0.866. The molecule has 0 radical (unpaired) electrons. The number of aryl methyl sites for hydroxylation is 1. The van der Waals surface area contributed by atoms with Gasteiger partial charge in [0.1, 0.15) is 4.90 Å². The fourth-order valence-corrected chi connectivity index (χ4v) is 4.32. The minimum Gasteiger partial charge on any atom is -0.481 e. The quantitative estimate of drug-likeness (QED) is 0.577. The van der Waals surface area contributed by atoms with E-state index < -0.39 is 16.6 Å². The Morgan fingerprint density at radius 2 is 2.16 bits per heavy atom. The summed E-state index contributed by atoms with van der Waals surface area (Å²) in [5, 5.41) is 7.03. The standard InChI is InChI=1S/C22H25N5O4S/c1-14-6-5-7-16(15-8-9-23-18(10-15)30-4)19(14)25-21(28)26-32(29)17-11-24-27-12-22(2,3)13-31-20(17)27/h5-11,32H,12-13H2,1-4H3,(H,25,28). The molecule has 168 valence electrons. The normalized spacial score (nSPS) is 15.5. The lowest BCUT2D eigenvalue weighted by atomic mass is 9.94. The van der Waals surface area contributed by atoms with Crippen molar-refractivity contribution in [3.8, 4) is 22.9 Å². The molecule has 4 rings (SSSR count). The van der Waals surface area contributed by atoms with Gasteiger partial charge >= 0.3 is 6.03 Å². The van der Waals surface area contributed by atoms with Crippen molar-refractivity contribution in [2.75, 3.05) is 19.0 Å². The SMILES string of the molecule is COc1cc(-c2cccc(C)c2NC(=O)N=[SH](=O)c2cnn3c2OCC(C)(C)C3)ccn1. The summed E-state index contributed by atoms with van der Waals surface area (Å²) in [5.41, 5.74) is 2.94. The van der Waals surface area contributed by atoms with Crippen molar-refractivity contribution < 1.29 is 18.5 Å². The fourth-order valence-electron chi connectivity index (χ4n) is 3.50. The molecule has 0 saturated heterocycles. The summed E-state index contributed by atoms with van der Waals surface area (Å²) >= 11 is 0. The van der Waals surface area contributed by atoms with E-state index in [0.29, 0.717) is 35.5 Å². The number of rotatable bonds is 4. The zero-order chi connectivity index (χ0) is 22.9. The van der Waals surface area contributed by atoms with Gasteiger partial charge in [-0.3, -0.25) is 0 Å². The number of carbonyl (C=O) groups excluding carboxylic acids is 1. The van der Waals surface area contributed by atoms with E-state index in [2.05, 4.69) is 33.6 Å².